The monoisotopic (exact) mass is 373 g/mol. The molecule has 0 aliphatic carbocycles. The standard InChI is InChI=1S/C20H23NO4S/c1-3-4-5-8-14(2)21-19(22)16-9-6-7-10-18(16)26-13-17-15(20(23)24)11-12-25-17/h3,6-7,9-12,14H,1,4-5,8,13H2,2H3,(H,21,22)(H,23,24). The molecule has 0 bridgehead atoms. The van der Waals surface area contributed by atoms with E-state index in [1.807, 2.05) is 31.2 Å². The van der Waals surface area contributed by atoms with Gasteiger partial charge in [-0.15, -0.1) is 18.3 Å². The van der Waals surface area contributed by atoms with E-state index in [-0.39, 0.29) is 17.5 Å². The SMILES string of the molecule is C=CCCCC(C)NC(=O)c1ccccc1SCc1occc1C(=O)O. The Morgan fingerprint density at radius 1 is 1.31 bits per heavy atom. The van der Waals surface area contributed by atoms with E-state index in [4.69, 9.17) is 9.52 Å². The number of nitrogens with one attached hydrogen (secondary N) is 1. The van der Waals surface area contributed by atoms with Crippen molar-refractivity contribution in [3.8, 4) is 0 Å². The molecular weight excluding hydrogens is 350 g/mol. The van der Waals surface area contributed by atoms with Crippen LogP contribution in [0.4, 0.5) is 0 Å². The smallest absolute Gasteiger partial charge is 0.339 e. The van der Waals surface area contributed by atoms with Gasteiger partial charge in [0.05, 0.1) is 17.6 Å². The summed E-state index contributed by atoms with van der Waals surface area (Å²) < 4.78 is 5.26. The van der Waals surface area contributed by atoms with Gasteiger partial charge in [0.1, 0.15) is 11.3 Å². The highest BCUT2D eigenvalue weighted by Crippen LogP contribution is 2.28. The number of amides is 1. The number of hydrogen-bond donors (Lipinski definition) is 2. The average molecular weight is 373 g/mol. The van der Waals surface area contributed by atoms with Gasteiger partial charge in [-0.05, 0) is 44.4 Å². The first-order chi connectivity index (χ1) is 12.5. The molecule has 26 heavy (non-hydrogen) atoms. The summed E-state index contributed by atoms with van der Waals surface area (Å²) in [5, 5.41) is 12.2. The van der Waals surface area contributed by atoms with Crippen molar-refractivity contribution >= 4 is 23.6 Å². The van der Waals surface area contributed by atoms with Crippen molar-refractivity contribution < 1.29 is 19.1 Å². The van der Waals surface area contributed by atoms with Gasteiger partial charge in [-0.2, -0.15) is 0 Å². The summed E-state index contributed by atoms with van der Waals surface area (Å²) in [6, 6.07) is 8.80. The second-order valence-corrected chi connectivity index (χ2v) is 6.96. The summed E-state index contributed by atoms with van der Waals surface area (Å²) in [6.07, 6.45) is 6.05. The van der Waals surface area contributed by atoms with Crippen molar-refractivity contribution in [2.45, 2.75) is 42.9 Å². The molecule has 2 aromatic rings. The summed E-state index contributed by atoms with van der Waals surface area (Å²) in [6.45, 7) is 5.69. The lowest BCUT2D eigenvalue weighted by Gasteiger charge is -2.15. The number of unbranched alkanes of at least 4 members (excludes halogenated alkanes) is 1. The average Bonchev–Trinajstić information content (AvgIpc) is 3.09. The lowest BCUT2D eigenvalue weighted by Crippen LogP contribution is -2.32. The number of carboxylic acid groups (broad SMARTS) is 1. The molecule has 138 valence electrons. The quantitative estimate of drug-likeness (QED) is 0.357. The minimum atomic E-state index is -1.02. The number of aromatic carboxylic acids is 1. The molecule has 0 saturated heterocycles. The number of rotatable bonds is 10. The first kappa shape index (κ1) is 19.8. The molecule has 1 aromatic heterocycles. The Labute approximate surface area is 157 Å². The highest BCUT2D eigenvalue weighted by atomic mass is 32.2. The zero-order chi connectivity index (χ0) is 18.9. The predicted octanol–water partition coefficient (Wildman–Crippen LogP) is 4.74. The van der Waals surface area contributed by atoms with Gasteiger partial charge in [0.2, 0.25) is 0 Å². The zero-order valence-electron chi connectivity index (χ0n) is 14.7. The second kappa shape index (κ2) is 9.87. The first-order valence-electron chi connectivity index (χ1n) is 8.46. The Morgan fingerprint density at radius 3 is 2.81 bits per heavy atom. The number of hydrogen-bond acceptors (Lipinski definition) is 4. The van der Waals surface area contributed by atoms with Crippen molar-refractivity contribution in [1.82, 2.24) is 5.32 Å². The number of thioether (sulfide) groups is 1. The summed E-state index contributed by atoms with van der Waals surface area (Å²) in [4.78, 5) is 24.5. The van der Waals surface area contributed by atoms with Crippen LogP contribution in [0.15, 0.2) is 58.6 Å². The Hall–Kier alpha value is -2.47. The van der Waals surface area contributed by atoms with E-state index in [0.717, 1.165) is 24.2 Å². The van der Waals surface area contributed by atoms with Crippen LogP contribution in [0.3, 0.4) is 0 Å². The number of allylic oxidation sites excluding steroid dienone is 1. The Balaban J connectivity index is 2.02. The molecular formula is C20H23NO4S. The molecule has 0 aliphatic rings. The number of carboxylic acids is 1. The fourth-order valence-corrected chi connectivity index (χ4v) is 3.51. The van der Waals surface area contributed by atoms with Crippen LogP contribution in [0.2, 0.25) is 0 Å². The van der Waals surface area contributed by atoms with Gasteiger partial charge in [0.15, 0.2) is 0 Å². The van der Waals surface area contributed by atoms with Crippen LogP contribution in [-0.4, -0.2) is 23.0 Å². The van der Waals surface area contributed by atoms with Crippen molar-refractivity contribution in [2.75, 3.05) is 0 Å². The molecule has 1 unspecified atom stereocenters. The van der Waals surface area contributed by atoms with Gasteiger partial charge in [-0.1, -0.05) is 18.2 Å². The molecule has 2 rings (SSSR count). The zero-order valence-corrected chi connectivity index (χ0v) is 15.6. The van der Waals surface area contributed by atoms with E-state index < -0.39 is 5.97 Å². The molecule has 6 heteroatoms. The van der Waals surface area contributed by atoms with Crippen LogP contribution in [0.25, 0.3) is 0 Å². The molecule has 0 saturated carbocycles. The molecule has 2 N–H and O–H groups in total. The largest absolute Gasteiger partial charge is 0.478 e. The van der Waals surface area contributed by atoms with E-state index in [1.54, 1.807) is 6.07 Å². The van der Waals surface area contributed by atoms with Gasteiger partial charge in [0, 0.05) is 10.9 Å². The molecule has 1 atom stereocenters. The van der Waals surface area contributed by atoms with Crippen LogP contribution >= 0.6 is 11.8 Å². The second-order valence-electron chi connectivity index (χ2n) is 5.94. The summed E-state index contributed by atoms with van der Waals surface area (Å²) in [5.74, 6) is -0.422. The molecule has 1 aromatic carbocycles. The van der Waals surface area contributed by atoms with Crippen molar-refractivity contribution in [3.63, 3.8) is 0 Å². The fraction of sp³-hybridized carbons (Fsp3) is 0.300. The fourth-order valence-electron chi connectivity index (χ4n) is 2.51. The topological polar surface area (TPSA) is 79.5 Å². The van der Waals surface area contributed by atoms with E-state index >= 15 is 0 Å². The summed E-state index contributed by atoms with van der Waals surface area (Å²) in [5.41, 5.74) is 0.728. The third-order valence-corrected chi connectivity index (χ3v) is 4.96. The normalized spacial score (nSPS) is 11.7. The number of benzene rings is 1. The maximum Gasteiger partial charge on any atom is 0.339 e. The third kappa shape index (κ3) is 5.52. The summed E-state index contributed by atoms with van der Waals surface area (Å²) >= 11 is 1.38. The van der Waals surface area contributed by atoms with Gasteiger partial charge in [0.25, 0.3) is 5.91 Å². The first-order valence-corrected chi connectivity index (χ1v) is 9.44. The van der Waals surface area contributed by atoms with Crippen LogP contribution in [0, 0.1) is 0 Å². The highest BCUT2D eigenvalue weighted by molar-refractivity contribution is 7.98. The minimum absolute atomic E-state index is 0.0733. The maximum atomic E-state index is 12.6. The minimum Gasteiger partial charge on any atom is -0.478 e. The number of furan rings is 1. The van der Waals surface area contributed by atoms with Crippen LogP contribution in [0.1, 0.15) is 52.7 Å². The molecule has 0 radical (unpaired) electrons. The molecule has 1 amide bonds. The van der Waals surface area contributed by atoms with Crippen LogP contribution < -0.4 is 5.32 Å². The van der Waals surface area contributed by atoms with Crippen molar-refractivity contribution in [2.24, 2.45) is 0 Å². The van der Waals surface area contributed by atoms with Gasteiger partial charge >= 0.3 is 5.97 Å². The molecule has 5 nitrogen and oxygen atoms in total. The predicted molar refractivity (Wildman–Crippen MR) is 103 cm³/mol. The third-order valence-electron chi connectivity index (χ3n) is 3.89. The molecule has 0 fully saturated rings. The lowest BCUT2D eigenvalue weighted by molar-refractivity contribution is 0.0694. The van der Waals surface area contributed by atoms with Crippen LogP contribution in [-0.2, 0) is 5.75 Å². The molecule has 0 aliphatic heterocycles. The Morgan fingerprint density at radius 2 is 2.08 bits per heavy atom. The van der Waals surface area contributed by atoms with Gasteiger partial charge < -0.3 is 14.8 Å². The summed E-state index contributed by atoms with van der Waals surface area (Å²) in [7, 11) is 0. The maximum absolute atomic E-state index is 12.6. The number of carbonyl (C=O) groups excluding carboxylic acids is 1. The van der Waals surface area contributed by atoms with E-state index in [0.29, 0.717) is 17.1 Å². The van der Waals surface area contributed by atoms with Crippen LogP contribution in [0.5, 0.6) is 0 Å². The highest BCUT2D eigenvalue weighted by Gasteiger charge is 2.17. The molecule has 0 spiro atoms. The van der Waals surface area contributed by atoms with E-state index in [9.17, 15) is 9.59 Å². The lowest BCUT2D eigenvalue weighted by atomic mass is 10.1. The van der Waals surface area contributed by atoms with Crippen molar-refractivity contribution in [3.05, 3.63) is 66.1 Å². The van der Waals surface area contributed by atoms with E-state index in [2.05, 4.69) is 11.9 Å². The van der Waals surface area contributed by atoms with E-state index in [1.165, 1.54) is 24.1 Å². The Kier molecular flexibility index (Phi) is 7.53. The van der Waals surface area contributed by atoms with Crippen molar-refractivity contribution in [1.29, 1.82) is 0 Å². The number of carbonyl (C=O) groups is 2. The van der Waals surface area contributed by atoms with Gasteiger partial charge in [-0.25, -0.2) is 4.79 Å². The van der Waals surface area contributed by atoms with Gasteiger partial charge in [-0.3, -0.25) is 4.79 Å². The Bertz CT molecular complexity index is 769. The molecule has 1 heterocycles.